The van der Waals surface area contributed by atoms with E-state index in [1.807, 2.05) is 46.2 Å². The Hall–Kier alpha value is -2.67. The molecule has 1 aliphatic heterocycles. The monoisotopic (exact) mass is 353 g/mol. The summed E-state index contributed by atoms with van der Waals surface area (Å²) in [5.41, 5.74) is 11.7. The van der Waals surface area contributed by atoms with Crippen molar-refractivity contribution in [2.45, 2.75) is 26.8 Å². The number of carbonyl (C=O) groups excluding carboxylic acids is 1. The standard InChI is InChI=1S/C18H19N5OS/c1-11-10-25-18(20-11)23-16-6-7-22(12(2)24)9-15(16)17(21-23)13-4-3-5-14(19)8-13/h3-5,8,10H,6-7,9,19H2,1-2H3. The number of aromatic nitrogens is 3. The highest BCUT2D eigenvalue weighted by atomic mass is 32.1. The average molecular weight is 353 g/mol. The number of amides is 1. The first-order valence-electron chi connectivity index (χ1n) is 8.17. The summed E-state index contributed by atoms with van der Waals surface area (Å²) in [5, 5.41) is 7.73. The third kappa shape index (κ3) is 2.80. The lowest BCUT2D eigenvalue weighted by Gasteiger charge is -2.26. The maximum absolute atomic E-state index is 11.9. The van der Waals surface area contributed by atoms with Crippen molar-refractivity contribution in [1.82, 2.24) is 19.7 Å². The van der Waals surface area contributed by atoms with Crippen molar-refractivity contribution in [3.8, 4) is 16.4 Å². The molecule has 128 valence electrons. The van der Waals surface area contributed by atoms with Gasteiger partial charge >= 0.3 is 0 Å². The number of rotatable bonds is 2. The molecule has 25 heavy (non-hydrogen) atoms. The molecule has 2 N–H and O–H groups in total. The van der Waals surface area contributed by atoms with Gasteiger partial charge in [-0.25, -0.2) is 9.67 Å². The minimum Gasteiger partial charge on any atom is -0.399 e. The van der Waals surface area contributed by atoms with Crippen molar-refractivity contribution in [1.29, 1.82) is 0 Å². The Morgan fingerprint density at radius 3 is 2.88 bits per heavy atom. The molecule has 0 atom stereocenters. The highest BCUT2D eigenvalue weighted by Crippen LogP contribution is 2.33. The Morgan fingerprint density at radius 2 is 2.20 bits per heavy atom. The highest BCUT2D eigenvalue weighted by Gasteiger charge is 2.28. The van der Waals surface area contributed by atoms with Crippen LogP contribution in [0.5, 0.6) is 0 Å². The molecule has 1 amide bonds. The SMILES string of the molecule is CC(=O)N1CCc2c(c(-c3cccc(N)c3)nn2-c2nc(C)cs2)C1. The molecular weight excluding hydrogens is 334 g/mol. The minimum absolute atomic E-state index is 0.0852. The van der Waals surface area contributed by atoms with E-state index in [-0.39, 0.29) is 5.91 Å². The number of aryl methyl sites for hydroxylation is 1. The summed E-state index contributed by atoms with van der Waals surface area (Å²) in [7, 11) is 0. The lowest BCUT2D eigenvalue weighted by Crippen LogP contribution is -2.34. The molecule has 0 unspecified atom stereocenters. The highest BCUT2D eigenvalue weighted by molar-refractivity contribution is 7.12. The second kappa shape index (κ2) is 6.00. The third-order valence-corrected chi connectivity index (χ3v) is 5.38. The molecule has 1 aliphatic rings. The van der Waals surface area contributed by atoms with Gasteiger partial charge in [-0.15, -0.1) is 11.3 Å². The zero-order chi connectivity index (χ0) is 17.6. The molecule has 3 heterocycles. The van der Waals surface area contributed by atoms with E-state index < -0.39 is 0 Å². The van der Waals surface area contributed by atoms with Gasteiger partial charge in [0, 0.05) is 48.6 Å². The van der Waals surface area contributed by atoms with Gasteiger partial charge in [0.1, 0.15) is 0 Å². The van der Waals surface area contributed by atoms with Gasteiger partial charge in [0.25, 0.3) is 0 Å². The summed E-state index contributed by atoms with van der Waals surface area (Å²) in [5.74, 6) is 0.0852. The van der Waals surface area contributed by atoms with Gasteiger partial charge in [-0.2, -0.15) is 5.10 Å². The number of fused-ring (bicyclic) bond motifs is 1. The number of hydrogen-bond acceptors (Lipinski definition) is 5. The van der Waals surface area contributed by atoms with Crippen LogP contribution >= 0.6 is 11.3 Å². The Labute approximate surface area is 149 Å². The van der Waals surface area contributed by atoms with Crippen molar-refractivity contribution in [2.24, 2.45) is 0 Å². The zero-order valence-corrected chi connectivity index (χ0v) is 15.0. The molecule has 0 saturated heterocycles. The van der Waals surface area contributed by atoms with E-state index in [9.17, 15) is 4.79 Å². The molecule has 1 aromatic carbocycles. The molecule has 0 fully saturated rings. The maximum Gasteiger partial charge on any atom is 0.219 e. The van der Waals surface area contributed by atoms with Crippen LogP contribution in [0.1, 0.15) is 23.9 Å². The van der Waals surface area contributed by atoms with Crippen molar-refractivity contribution >= 4 is 22.9 Å². The Balaban J connectivity index is 1.89. The fraction of sp³-hybridized carbons (Fsp3) is 0.278. The van der Waals surface area contributed by atoms with E-state index in [1.165, 1.54) is 0 Å². The molecule has 0 spiro atoms. The molecule has 6 nitrogen and oxygen atoms in total. The number of nitrogens with two attached hydrogens (primary N) is 1. The van der Waals surface area contributed by atoms with Gasteiger partial charge in [-0.05, 0) is 19.1 Å². The summed E-state index contributed by atoms with van der Waals surface area (Å²) in [6.45, 7) is 4.86. The van der Waals surface area contributed by atoms with Gasteiger partial charge in [0.15, 0.2) is 0 Å². The van der Waals surface area contributed by atoms with Crippen LogP contribution in [0.2, 0.25) is 0 Å². The van der Waals surface area contributed by atoms with Crippen LogP contribution in [0.3, 0.4) is 0 Å². The molecule has 4 rings (SSSR count). The molecule has 0 aliphatic carbocycles. The van der Waals surface area contributed by atoms with E-state index >= 15 is 0 Å². The third-order valence-electron chi connectivity index (χ3n) is 4.45. The first-order chi connectivity index (χ1) is 12.0. The number of nitrogen functional groups attached to an aromatic ring is 1. The molecular formula is C18H19N5OS. The second-order valence-electron chi connectivity index (χ2n) is 6.27. The van der Waals surface area contributed by atoms with Crippen LogP contribution in [-0.4, -0.2) is 32.1 Å². The Morgan fingerprint density at radius 1 is 1.36 bits per heavy atom. The van der Waals surface area contributed by atoms with Crippen LogP contribution < -0.4 is 5.73 Å². The van der Waals surface area contributed by atoms with Crippen LogP contribution in [0, 0.1) is 6.92 Å². The fourth-order valence-electron chi connectivity index (χ4n) is 3.20. The first kappa shape index (κ1) is 15.8. The lowest BCUT2D eigenvalue weighted by atomic mass is 10.0. The van der Waals surface area contributed by atoms with Crippen molar-refractivity contribution in [3.63, 3.8) is 0 Å². The van der Waals surface area contributed by atoms with E-state index in [2.05, 4.69) is 4.98 Å². The smallest absolute Gasteiger partial charge is 0.219 e. The van der Waals surface area contributed by atoms with Crippen molar-refractivity contribution in [3.05, 3.63) is 46.6 Å². The van der Waals surface area contributed by atoms with Gasteiger partial charge < -0.3 is 10.6 Å². The maximum atomic E-state index is 11.9. The van der Waals surface area contributed by atoms with Crippen molar-refractivity contribution in [2.75, 3.05) is 12.3 Å². The van der Waals surface area contributed by atoms with Crippen molar-refractivity contribution < 1.29 is 4.79 Å². The van der Waals surface area contributed by atoms with E-state index in [1.54, 1.807) is 18.3 Å². The summed E-state index contributed by atoms with van der Waals surface area (Å²) in [4.78, 5) is 18.3. The summed E-state index contributed by atoms with van der Waals surface area (Å²) in [6.07, 6.45) is 0.767. The summed E-state index contributed by atoms with van der Waals surface area (Å²) in [6, 6.07) is 7.71. The Bertz CT molecular complexity index is 958. The number of benzene rings is 1. The van der Waals surface area contributed by atoms with Gasteiger partial charge in [-0.1, -0.05) is 12.1 Å². The predicted octanol–water partition coefficient (Wildman–Crippen LogP) is 2.79. The van der Waals surface area contributed by atoms with E-state index in [4.69, 9.17) is 10.8 Å². The van der Waals surface area contributed by atoms with Crippen LogP contribution in [-0.2, 0) is 17.8 Å². The van der Waals surface area contributed by atoms with E-state index in [0.29, 0.717) is 18.8 Å². The molecule has 2 aromatic heterocycles. The van der Waals surface area contributed by atoms with E-state index in [0.717, 1.165) is 39.8 Å². The molecule has 0 bridgehead atoms. The topological polar surface area (TPSA) is 77.0 Å². The van der Waals surface area contributed by atoms with Crippen LogP contribution in [0.4, 0.5) is 5.69 Å². The normalized spacial score (nSPS) is 13.8. The quantitative estimate of drug-likeness (QED) is 0.719. The fourth-order valence-corrected chi connectivity index (χ4v) is 3.98. The zero-order valence-electron chi connectivity index (χ0n) is 14.2. The molecule has 0 radical (unpaired) electrons. The Kier molecular flexibility index (Phi) is 3.80. The van der Waals surface area contributed by atoms with Gasteiger partial charge in [0.05, 0.1) is 17.1 Å². The molecule has 3 aromatic rings. The number of anilines is 1. The van der Waals surface area contributed by atoms with Crippen LogP contribution in [0.15, 0.2) is 29.6 Å². The predicted molar refractivity (Wildman–Crippen MR) is 98.6 cm³/mol. The second-order valence-corrected chi connectivity index (χ2v) is 7.11. The number of nitrogens with zero attached hydrogens (tertiary/aromatic N) is 4. The van der Waals surface area contributed by atoms with Gasteiger partial charge in [-0.3, -0.25) is 4.79 Å². The van der Waals surface area contributed by atoms with Gasteiger partial charge in [0.2, 0.25) is 11.0 Å². The largest absolute Gasteiger partial charge is 0.399 e. The number of carbonyl (C=O) groups is 1. The van der Waals surface area contributed by atoms with Crippen LogP contribution in [0.25, 0.3) is 16.4 Å². The first-order valence-corrected chi connectivity index (χ1v) is 9.05. The molecule has 7 heteroatoms. The minimum atomic E-state index is 0.0852. The molecule has 0 saturated carbocycles. The number of hydrogen-bond donors (Lipinski definition) is 1. The lowest BCUT2D eigenvalue weighted by molar-refractivity contribution is -0.129. The summed E-state index contributed by atoms with van der Waals surface area (Å²) >= 11 is 1.58. The number of thiazole rings is 1. The average Bonchev–Trinajstić information content (AvgIpc) is 3.17. The summed E-state index contributed by atoms with van der Waals surface area (Å²) < 4.78 is 1.93.